The van der Waals surface area contributed by atoms with E-state index < -0.39 is 4.92 Å². The number of hydrogen-bond donors (Lipinski definition) is 0. The Kier molecular flexibility index (Phi) is 4.41. The molecule has 0 saturated carbocycles. The number of fused-ring (bicyclic) bond motifs is 3. The molecular weight excluding hydrogens is 410 g/mol. The molecule has 2 heterocycles. The minimum absolute atomic E-state index is 0.0980. The number of halogens is 1. The van der Waals surface area contributed by atoms with E-state index in [9.17, 15) is 10.1 Å². The Morgan fingerprint density at radius 2 is 1.86 bits per heavy atom. The zero-order valence-electron chi connectivity index (χ0n) is 15.1. The van der Waals surface area contributed by atoms with Gasteiger partial charge in [-0.25, -0.2) is 4.98 Å². The average Bonchev–Trinajstić information content (AvgIpc) is 3.29. The lowest BCUT2D eigenvalue weighted by atomic mass is 10.1. The predicted molar refractivity (Wildman–Crippen MR) is 113 cm³/mol. The highest BCUT2D eigenvalue weighted by Gasteiger charge is 2.25. The molecule has 29 heavy (non-hydrogen) atoms. The van der Waals surface area contributed by atoms with Gasteiger partial charge in [0.05, 0.1) is 10.3 Å². The topological polar surface area (TPSA) is 78.2 Å². The first kappa shape index (κ1) is 18.0. The van der Waals surface area contributed by atoms with E-state index >= 15 is 0 Å². The minimum atomic E-state index is -0.453. The van der Waals surface area contributed by atoms with Gasteiger partial charge >= 0.3 is 5.69 Å². The maximum atomic E-state index is 11.4. The van der Waals surface area contributed by atoms with Crippen LogP contribution in [0, 0.1) is 10.1 Å². The van der Waals surface area contributed by atoms with Crippen LogP contribution in [0.1, 0.15) is 16.9 Å². The van der Waals surface area contributed by atoms with E-state index in [1.54, 1.807) is 41.7 Å². The van der Waals surface area contributed by atoms with Gasteiger partial charge in [0.1, 0.15) is 4.83 Å². The summed E-state index contributed by atoms with van der Waals surface area (Å²) in [6.07, 6.45) is 3.03. The smallest absolute Gasteiger partial charge is 0.311 e. The number of aryl methyl sites for hydroxylation is 2. The highest BCUT2D eigenvalue weighted by Crippen LogP contribution is 2.43. The summed E-state index contributed by atoms with van der Waals surface area (Å²) in [5, 5.41) is 12.9. The number of ether oxygens (including phenoxy) is 1. The van der Waals surface area contributed by atoms with Crippen LogP contribution < -0.4 is 4.74 Å². The monoisotopic (exact) mass is 423 g/mol. The molecule has 1 aliphatic carbocycles. The quantitative estimate of drug-likeness (QED) is 0.288. The zero-order chi connectivity index (χ0) is 20.0. The maximum Gasteiger partial charge on any atom is 0.311 e. The van der Waals surface area contributed by atoms with Crippen molar-refractivity contribution in [3.8, 4) is 23.0 Å². The summed E-state index contributed by atoms with van der Waals surface area (Å²) in [5.41, 5.74) is 1.90. The number of nitrogens with zero attached hydrogens (tertiary/aromatic N) is 3. The van der Waals surface area contributed by atoms with Gasteiger partial charge in [0.15, 0.2) is 5.82 Å². The van der Waals surface area contributed by atoms with E-state index in [1.807, 2.05) is 12.1 Å². The average molecular weight is 424 g/mol. The highest BCUT2D eigenvalue weighted by molar-refractivity contribution is 7.19. The van der Waals surface area contributed by atoms with Gasteiger partial charge in [-0.15, -0.1) is 11.3 Å². The molecule has 0 spiro atoms. The minimum Gasteiger partial charge on any atom is -0.431 e. The van der Waals surface area contributed by atoms with Crippen LogP contribution in [0.3, 0.4) is 0 Å². The number of thiophene rings is 1. The summed E-state index contributed by atoms with van der Waals surface area (Å²) < 4.78 is 6.04. The molecule has 4 aromatic rings. The molecule has 0 N–H and O–H groups in total. The maximum absolute atomic E-state index is 11.4. The van der Waals surface area contributed by atoms with Crippen molar-refractivity contribution < 1.29 is 9.66 Å². The molecule has 6 nitrogen and oxygen atoms in total. The number of hydrogen-bond acceptors (Lipinski definition) is 6. The van der Waals surface area contributed by atoms with Crippen molar-refractivity contribution in [3.63, 3.8) is 0 Å². The normalized spacial score (nSPS) is 12.9. The van der Waals surface area contributed by atoms with Gasteiger partial charge < -0.3 is 4.74 Å². The van der Waals surface area contributed by atoms with Crippen molar-refractivity contribution in [2.24, 2.45) is 0 Å². The van der Waals surface area contributed by atoms with Crippen LogP contribution in [-0.4, -0.2) is 14.9 Å². The molecule has 0 unspecified atom stereocenters. The van der Waals surface area contributed by atoms with Crippen LogP contribution in [0.15, 0.2) is 48.5 Å². The Balaban J connectivity index is 1.70. The van der Waals surface area contributed by atoms with Gasteiger partial charge in [0.25, 0.3) is 0 Å². The number of benzene rings is 2. The standard InChI is InChI=1S/C21H14ClN3O3S/c22-13-10-8-12(9-11-13)19-23-20(28-16-6-2-1-5-15(16)25(26)27)18-14-4-3-7-17(14)29-21(18)24-19/h1-2,5-6,8-11H,3-4,7H2. The van der Waals surface area contributed by atoms with E-state index in [1.165, 1.54) is 16.5 Å². The highest BCUT2D eigenvalue weighted by atomic mass is 35.5. The Labute approximate surface area is 174 Å². The van der Waals surface area contributed by atoms with Gasteiger partial charge in [0.2, 0.25) is 11.6 Å². The molecule has 8 heteroatoms. The van der Waals surface area contributed by atoms with Crippen LogP contribution in [0.4, 0.5) is 5.69 Å². The van der Waals surface area contributed by atoms with Crippen molar-refractivity contribution in [3.05, 3.63) is 74.1 Å². The van der Waals surface area contributed by atoms with E-state index in [0.29, 0.717) is 16.7 Å². The van der Waals surface area contributed by atoms with Crippen LogP contribution in [-0.2, 0) is 12.8 Å². The van der Waals surface area contributed by atoms with Crippen molar-refractivity contribution >= 4 is 38.8 Å². The third kappa shape index (κ3) is 3.22. The van der Waals surface area contributed by atoms with Gasteiger partial charge in [0, 0.05) is 21.5 Å². The van der Waals surface area contributed by atoms with E-state index in [4.69, 9.17) is 21.3 Å². The second-order valence-electron chi connectivity index (χ2n) is 6.72. The van der Waals surface area contributed by atoms with Crippen LogP contribution in [0.5, 0.6) is 11.6 Å². The lowest BCUT2D eigenvalue weighted by Crippen LogP contribution is -1.98. The summed E-state index contributed by atoms with van der Waals surface area (Å²) >= 11 is 7.65. The van der Waals surface area contributed by atoms with Crippen molar-refractivity contribution in [2.45, 2.75) is 19.3 Å². The zero-order valence-corrected chi connectivity index (χ0v) is 16.7. The largest absolute Gasteiger partial charge is 0.431 e. The molecule has 0 radical (unpaired) electrons. The Hall–Kier alpha value is -3.03. The van der Waals surface area contributed by atoms with Gasteiger partial charge in [-0.3, -0.25) is 10.1 Å². The molecule has 0 amide bonds. The van der Waals surface area contributed by atoms with E-state index in [2.05, 4.69) is 4.98 Å². The summed E-state index contributed by atoms with van der Waals surface area (Å²) in [7, 11) is 0. The van der Waals surface area contributed by atoms with Crippen molar-refractivity contribution in [1.29, 1.82) is 0 Å². The molecule has 2 aromatic carbocycles. The molecule has 0 bridgehead atoms. The molecule has 0 aliphatic heterocycles. The Morgan fingerprint density at radius 3 is 2.66 bits per heavy atom. The molecule has 2 aromatic heterocycles. The van der Waals surface area contributed by atoms with Crippen LogP contribution in [0.25, 0.3) is 21.6 Å². The first-order valence-corrected chi connectivity index (χ1v) is 10.3. The first-order chi connectivity index (χ1) is 14.1. The molecule has 0 atom stereocenters. The van der Waals surface area contributed by atoms with Crippen LogP contribution >= 0.6 is 22.9 Å². The Bertz CT molecular complexity index is 1250. The Morgan fingerprint density at radius 1 is 1.07 bits per heavy atom. The lowest BCUT2D eigenvalue weighted by molar-refractivity contribution is -0.385. The molecular formula is C21H14ClN3O3S. The third-order valence-electron chi connectivity index (χ3n) is 4.90. The second kappa shape index (κ2) is 7.09. The van der Waals surface area contributed by atoms with Gasteiger partial charge in [-0.2, -0.15) is 4.98 Å². The molecule has 0 fully saturated rings. The van der Waals surface area contributed by atoms with E-state index in [-0.39, 0.29) is 11.4 Å². The summed E-state index contributed by atoms with van der Waals surface area (Å²) in [5.74, 6) is 1.02. The number of nitro benzene ring substituents is 1. The molecule has 144 valence electrons. The fraction of sp³-hybridized carbons (Fsp3) is 0.143. The van der Waals surface area contributed by atoms with Gasteiger partial charge in [-0.1, -0.05) is 23.7 Å². The third-order valence-corrected chi connectivity index (χ3v) is 6.34. The summed E-state index contributed by atoms with van der Waals surface area (Å²) in [4.78, 5) is 22.5. The number of rotatable bonds is 4. The second-order valence-corrected chi connectivity index (χ2v) is 8.24. The van der Waals surface area contributed by atoms with Crippen LogP contribution in [0.2, 0.25) is 5.02 Å². The molecule has 0 saturated heterocycles. The molecule has 1 aliphatic rings. The number of aromatic nitrogens is 2. The summed E-state index contributed by atoms with van der Waals surface area (Å²) in [6.45, 7) is 0. The van der Waals surface area contributed by atoms with Crippen molar-refractivity contribution in [1.82, 2.24) is 9.97 Å². The number of para-hydroxylation sites is 2. The first-order valence-electron chi connectivity index (χ1n) is 9.09. The van der Waals surface area contributed by atoms with E-state index in [0.717, 1.165) is 35.0 Å². The fourth-order valence-corrected chi connectivity index (χ4v) is 4.94. The lowest BCUT2D eigenvalue weighted by Gasteiger charge is -2.10. The fourth-order valence-electron chi connectivity index (χ4n) is 3.56. The SMILES string of the molecule is O=[N+]([O-])c1ccccc1Oc1nc(-c2ccc(Cl)cc2)nc2sc3c(c12)CCC3. The summed E-state index contributed by atoms with van der Waals surface area (Å²) in [6, 6.07) is 13.6. The number of nitro groups is 1. The molecule has 5 rings (SSSR count). The van der Waals surface area contributed by atoms with Gasteiger partial charge in [-0.05, 0) is 55.2 Å². The predicted octanol–water partition coefficient (Wildman–Crippen LogP) is 6.20. The van der Waals surface area contributed by atoms with Crippen molar-refractivity contribution in [2.75, 3.05) is 0 Å².